The molecule has 0 bridgehead atoms. The molecule has 1 fully saturated rings. The Bertz CT molecular complexity index is 320. The summed E-state index contributed by atoms with van der Waals surface area (Å²) in [5.74, 6) is 1.01. The minimum Gasteiger partial charge on any atom is -0.366 e. The first-order chi connectivity index (χ1) is 7.78. The number of nitrogens with zero attached hydrogens (tertiary/aromatic N) is 2. The molecule has 16 heavy (non-hydrogen) atoms. The molecule has 1 aliphatic rings. The summed E-state index contributed by atoms with van der Waals surface area (Å²) in [7, 11) is 0. The van der Waals surface area contributed by atoms with E-state index in [-0.39, 0.29) is 0 Å². The van der Waals surface area contributed by atoms with Gasteiger partial charge in [-0.15, -0.1) is 0 Å². The van der Waals surface area contributed by atoms with Gasteiger partial charge in [0.2, 0.25) is 0 Å². The molecule has 1 atom stereocenters. The molecule has 0 aliphatic carbocycles. The van der Waals surface area contributed by atoms with Crippen molar-refractivity contribution in [1.29, 1.82) is 0 Å². The topological polar surface area (TPSA) is 28.2 Å². The molecule has 1 aliphatic heterocycles. The molecular weight excluding hydrogens is 198 g/mol. The predicted octanol–water partition coefficient (Wildman–Crippen LogP) is 2.29. The lowest BCUT2D eigenvalue weighted by Gasteiger charge is -2.32. The van der Waals surface area contributed by atoms with E-state index in [1.165, 1.54) is 24.9 Å². The summed E-state index contributed by atoms with van der Waals surface area (Å²) in [4.78, 5) is 6.89. The van der Waals surface area contributed by atoms with Crippen molar-refractivity contribution in [3.8, 4) is 0 Å². The summed E-state index contributed by atoms with van der Waals surface area (Å²) in [6.45, 7) is 7.84. The first-order valence-electron chi connectivity index (χ1n) is 6.19. The average Bonchev–Trinajstić information content (AvgIpc) is 2.32. The molecule has 0 aromatic carbocycles. The van der Waals surface area contributed by atoms with Crippen LogP contribution in [0.4, 0.5) is 5.82 Å². The maximum absolute atomic E-state index is 4.39. The van der Waals surface area contributed by atoms with Crippen molar-refractivity contribution >= 4 is 5.82 Å². The minimum absolute atomic E-state index is 0.559. The summed E-state index contributed by atoms with van der Waals surface area (Å²) < 4.78 is 0. The maximum atomic E-state index is 4.39. The molecule has 1 aromatic heterocycles. The van der Waals surface area contributed by atoms with Gasteiger partial charge in [-0.2, -0.15) is 0 Å². The molecule has 88 valence electrons. The number of piperidine rings is 1. The van der Waals surface area contributed by atoms with Gasteiger partial charge in [-0.25, -0.2) is 4.98 Å². The molecule has 0 amide bonds. The van der Waals surface area contributed by atoms with E-state index < -0.39 is 0 Å². The van der Waals surface area contributed by atoms with Gasteiger partial charge in [-0.3, -0.25) is 0 Å². The highest BCUT2D eigenvalue weighted by Gasteiger charge is 2.18. The van der Waals surface area contributed by atoms with Crippen LogP contribution in [0.25, 0.3) is 0 Å². The molecule has 3 heteroatoms. The second-order valence-electron chi connectivity index (χ2n) is 4.60. The zero-order valence-corrected chi connectivity index (χ0v) is 10.2. The Morgan fingerprint density at radius 1 is 1.50 bits per heavy atom. The lowest BCUT2D eigenvalue weighted by atomic mass is 10.1. The molecule has 0 radical (unpaired) electrons. The Kier molecular flexibility index (Phi) is 3.78. The normalized spacial score (nSPS) is 22.0. The van der Waals surface area contributed by atoms with E-state index in [0.717, 1.165) is 18.9 Å². The fourth-order valence-electron chi connectivity index (χ4n) is 2.22. The van der Waals surface area contributed by atoms with Crippen LogP contribution >= 0.6 is 0 Å². The zero-order chi connectivity index (χ0) is 11.4. The van der Waals surface area contributed by atoms with Gasteiger partial charge in [0.25, 0.3) is 0 Å². The van der Waals surface area contributed by atoms with E-state index in [2.05, 4.69) is 41.2 Å². The number of likely N-dealkylation sites (N-methyl/N-ethyl adjacent to an activating group) is 1. The molecule has 0 saturated carbocycles. The van der Waals surface area contributed by atoms with Crippen molar-refractivity contribution in [1.82, 2.24) is 9.88 Å². The van der Waals surface area contributed by atoms with Crippen LogP contribution in [0, 0.1) is 6.92 Å². The summed E-state index contributed by atoms with van der Waals surface area (Å²) in [6, 6.07) is 4.74. The van der Waals surface area contributed by atoms with Crippen molar-refractivity contribution in [3.05, 3.63) is 23.9 Å². The monoisotopic (exact) mass is 219 g/mol. The second-order valence-corrected chi connectivity index (χ2v) is 4.60. The molecule has 1 unspecified atom stereocenters. The maximum Gasteiger partial charge on any atom is 0.126 e. The molecular formula is C13H21N3. The molecule has 0 spiro atoms. The fourth-order valence-corrected chi connectivity index (χ4v) is 2.22. The molecule has 1 aromatic rings. The van der Waals surface area contributed by atoms with Crippen molar-refractivity contribution < 1.29 is 0 Å². The van der Waals surface area contributed by atoms with E-state index in [1.807, 2.05) is 6.20 Å². The van der Waals surface area contributed by atoms with Crippen LogP contribution in [-0.4, -0.2) is 35.6 Å². The number of rotatable bonds is 3. The molecule has 2 rings (SSSR count). The van der Waals surface area contributed by atoms with Crippen molar-refractivity contribution in [2.75, 3.05) is 25.0 Å². The van der Waals surface area contributed by atoms with Crippen LogP contribution in [0.3, 0.4) is 0 Å². The first kappa shape index (κ1) is 11.4. The van der Waals surface area contributed by atoms with Gasteiger partial charge in [-0.05, 0) is 44.5 Å². The fraction of sp³-hybridized carbons (Fsp3) is 0.615. The Balaban J connectivity index is 1.91. The van der Waals surface area contributed by atoms with Gasteiger partial charge in [0.15, 0.2) is 0 Å². The Morgan fingerprint density at radius 2 is 2.38 bits per heavy atom. The summed E-state index contributed by atoms with van der Waals surface area (Å²) in [6.07, 6.45) is 4.46. The summed E-state index contributed by atoms with van der Waals surface area (Å²) in [5.41, 5.74) is 1.21. The Morgan fingerprint density at radius 3 is 3.06 bits per heavy atom. The number of aromatic nitrogens is 1. The number of nitrogens with one attached hydrogen (secondary N) is 1. The number of pyridine rings is 1. The summed E-state index contributed by atoms with van der Waals surface area (Å²) >= 11 is 0. The van der Waals surface area contributed by atoms with Gasteiger partial charge in [0, 0.05) is 18.8 Å². The average molecular weight is 219 g/mol. The Labute approximate surface area is 97.9 Å². The van der Waals surface area contributed by atoms with E-state index in [1.54, 1.807) is 0 Å². The van der Waals surface area contributed by atoms with Crippen molar-refractivity contribution in [3.63, 3.8) is 0 Å². The van der Waals surface area contributed by atoms with Crippen LogP contribution in [0.15, 0.2) is 18.3 Å². The Hall–Kier alpha value is -1.09. The second kappa shape index (κ2) is 5.30. The number of likely N-dealkylation sites (tertiary alicyclic amines) is 1. The molecule has 1 saturated heterocycles. The van der Waals surface area contributed by atoms with Gasteiger partial charge in [0.1, 0.15) is 5.82 Å². The highest BCUT2D eigenvalue weighted by atomic mass is 15.2. The van der Waals surface area contributed by atoms with E-state index in [0.29, 0.717) is 6.04 Å². The largest absolute Gasteiger partial charge is 0.366 e. The van der Waals surface area contributed by atoms with Crippen LogP contribution in [-0.2, 0) is 0 Å². The number of hydrogen-bond donors (Lipinski definition) is 1. The predicted molar refractivity (Wildman–Crippen MR) is 67.7 cm³/mol. The zero-order valence-electron chi connectivity index (χ0n) is 10.2. The standard InChI is InChI=1S/C13H21N3/c1-3-16-8-4-5-12(10-16)15-13-7-6-11(2)9-14-13/h6-7,9,12H,3-5,8,10H2,1-2H3,(H,14,15). The third-order valence-corrected chi connectivity index (χ3v) is 3.22. The number of hydrogen-bond acceptors (Lipinski definition) is 3. The number of anilines is 1. The van der Waals surface area contributed by atoms with Gasteiger partial charge in [-0.1, -0.05) is 13.0 Å². The van der Waals surface area contributed by atoms with Gasteiger partial charge < -0.3 is 10.2 Å². The molecule has 1 N–H and O–H groups in total. The molecule has 2 heterocycles. The van der Waals surface area contributed by atoms with Crippen LogP contribution in [0.5, 0.6) is 0 Å². The third-order valence-electron chi connectivity index (χ3n) is 3.22. The third kappa shape index (κ3) is 2.95. The quantitative estimate of drug-likeness (QED) is 0.845. The smallest absolute Gasteiger partial charge is 0.126 e. The lowest BCUT2D eigenvalue weighted by molar-refractivity contribution is 0.226. The number of aryl methyl sites for hydroxylation is 1. The van der Waals surface area contributed by atoms with E-state index in [9.17, 15) is 0 Å². The highest BCUT2D eigenvalue weighted by Crippen LogP contribution is 2.14. The van der Waals surface area contributed by atoms with E-state index in [4.69, 9.17) is 0 Å². The SMILES string of the molecule is CCN1CCCC(Nc2ccc(C)cn2)C1. The van der Waals surface area contributed by atoms with Gasteiger partial charge in [0.05, 0.1) is 0 Å². The lowest BCUT2D eigenvalue weighted by Crippen LogP contribution is -2.41. The van der Waals surface area contributed by atoms with Crippen molar-refractivity contribution in [2.45, 2.75) is 32.7 Å². The van der Waals surface area contributed by atoms with Crippen LogP contribution < -0.4 is 5.32 Å². The minimum atomic E-state index is 0.559. The van der Waals surface area contributed by atoms with Gasteiger partial charge >= 0.3 is 0 Å². The van der Waals surface area contributed by atoms with Crippen LogP contribution in [0.2, 0.25) is 0 Å². The highest BCUT2D eigenvalue weighted by molar-refractivity contribution is 5.36. The summed E-state index contributed by atoms with van der Waals surface area (Å²) in [5, 5.41) is 3.52. The molecule has 3 nitrogen and oxygen atoms in total. The first-order valence-corrected chi connectivity index (χ1v) is 6.19. The van der Waals surface area contributed by atoms with Crippen molar-refractivity contribution in [2.24, 2.45) is 0 Å². The van der Waals surface area contributed by atoms with E-state index >= 15 is 0 Å². The van der Waals surface area contributed by atoms with Crippen LogP contribution in [0.1, 0.15) is 25.3 Å².